The topological polar surface area (TPSA) is 75.3 Å². The highest BCUT2D eigenvalue weighted by Gasteiger charge is 2.48. The van der Waals surface area contributed by atoms with Gasteiger partial charge in [-0.3, -0.25) is 20.2 Å². The van der Waals surface area contributed by atoms with Gasteiger partial charge in [-0.25, -0.2) is 4.79 Å². The smallest absolute Gasteiger partial charge is 0.277 e. The van der Waals surface area contributed by atoms with Crippen LogP contribution in [-0.4, -0.2) is 17.8 Å². The van der Waals surface area contributed by atoms with E-state index in [0.717, 1.165) is 37.7 Å². The van der Waals surface area contributed by atoms with Gasteiger partial charge < -0.3 is 0 Å². The molecule has 0 bridgehead atoms. The van der Waals surface area contributed by atoms with Crippen LogP contribution < -0.4 is 10.6 Å². The first-order valence-corrected chi connectivity index (χ1v) is 5.91. The molecule has 1 fully saturated rings. The molecule has 0 atom stereocenters. The Balaban J connectivity index is 2.32. The fourth-order valence-electron chi connectivity index (χ4n) is 2.35. The molecule has 0 aromatic rings. The number of allylic oxidation sites excluding steroid dienone is 1. The van der Waals surface area contributed by atoms with Gasteiger partial charge in [0, 0.05) is 0 Å². The molecular formula is C12H16N2O3. The highest BCUT2D eigenvalue weighted by atomic mass is 16.2. The molecule has 5 nitrogen and oxygen atoms in total. The van der Waals surface area contributed by atoms with E-state index in [-0.39, 0.29) is 0 Å². The number of carbonyl (C=O) groups excluding carboxylic acids is 3. The molecule has 1 heterocycles. The zero-order valence-electron chi connectivity index (χ0n) is 9.84. The monoisotopic (exact) mass is 236 g/mol. The summed E-state index contributed by atoms with van der Waals surface area (Å²) in [7, 11) is 0. The Morgan fingerprint density at radius 2 is 1.71 bits per heavy atom. The lowest BCUT2D eigenvalue weighted by Gasteiger charge is -2.32. The van der Waals surface area contributed by atoms with E-state index in [1.165, 1.54) is 0 Å². The van der Waals surface area contributed by atoms with Crippen molar-refractivity contribution < 1.29 is 14.4 Å². The van der Waals surface area contributed by atoms with Crippen LogP contribution in [0.15, 0.2) is 11.6 Å². The molecule has 0 aromatic carbocycles. The first kappa shape index (κ1) is 11.8. The third-order valence-electron chi connectivity index (χ3n) is 3.55. The van der Waals surface area contributed by atoms with E-state index in [2.05, 4.69) is 10.6 Å². The summed E-state index contributed by atoms with van der Waals surface area (Å²) in [5.41, 5.74) is -0.393. The number of urea groups is 1. The molecule has 2 rings (SSSR count). The first-order valence-electron chi connectivity index (χ1n) is 5.91. The Kier molecular flexibility index (Phi) is 3.00. The summed E-state index contributed by atoms with van der Waals surface area (Å²) >= 11 is 0. The number of carbonyl (C=O) groups is 3. The summed E-state index contributed by atoms with van der Waals surface area (Å²) in [6.45, 7) is 1.58. The van der Waals surface area contributed by atoms with Crippen LogP contribution in [0.2, 0.25) is 0 Å². The van der Waals surface area contributed by atoms with Crippen molar-refractivity contribution in [3.8, 4) is 0 Å². The van der Waals surface area contributed by atoms with E-state index < -0.39 is 23.3 Å². The summed E-state index contributed by atoms with van der Waals surface area (Å²) in [6, 6.07) is -0.730. The number of hydrogen-bond acceptors (Lipinski definition) is 3. The van der Waals surface area contributed by atoms with Crippen LogP contribution >= 0.6 is 0 Å². The summed E-state index contributed by atoms with van der Waals surface area (Å²) in [5, 5.41) is 4.33. The molecule has 2 N–H and O–H groups in total. The van der Waals surface area contributed by atoms with Gasteiger partial charge in [-0.2, -0.15) is 0 Å². The summed E-state index contributed by atoms with van der Waals surface area (Å²) < 4.78 is 0. The lowest BCUT2D eigenvalue weighted by Crippen LogP contribution is -2.61. The minimum Gasteiger partial charge on any atom is -0.277 e. The molecule has 0 unspecified atom stereocenters. The molecule has 5 heteroatoms. The van der Waals surface area contributed by atoms with E-state index in [1.54, 1.807) is 6.92 Å². The maximum Gasteiger partial charge on any atom is 0.328 e. The van der Waals surface area contributed by atoms with Gasteiger partial charge in [0.1, 0.15) is 5.41 Å². The number of amides is 4. The molecule has 0 saturated carbocycles. The molecule has 0 aromatic heterocycles. The van der Waals surface area contributed by atoms with Crippen molar-refractivity contribution in [2.24, 2.45) is 5.41 Å². The second-order valence-electron chi connectivity index (χ2n) is 4.69. The molecule has 0 radical (unpaired) electrons. The third kappa shape index (κ3) is 1.97. The second-order valence-corrected chi connectivity index (χ2v) is 4.69. The SMILES string of the molecule is CC1(C2=CCCCCC2)C(=O)NC(=O)NC1=O. The maximum absolute atomic E-state index is 11.9. The minimum atomic E-state index is -1.22. The zero-order valence-corrected chi connectivity index (χ0v) is 9.84. The van der Waals surface area contributed by atoms with Crippen LogP contribution in [-0.2, 0) is 9.59 Å². The average Bonchev–Trinajstić information content (AvgIpc) is 2.54. The van der Waals surface area contributed by atoms with Crippen LogP contribution in [0.25, 0.3) is 0 Å². The van der Waals surface area contributed by atoms with Crippen molar-refractivity contribution in [2.75, 3.05) is 0 Å². The average molecular weight is 236 g/mol. The number of nitrogens with one attached hydrogen (secondary N) is 2. The van der Waals surface area contributed by atoms with Crippen LogP contribution in [0.3, 0.4) is 0 Å². The normalized spacial score (nSPS) is 24.5. The molecule has 1 aliphatic heterocycles. The largest absolute Gasteiger partial charge is 0.328 e. The Bertz CT molecular complexity index is 392. The van der Waals surface area contributed by atoms with Gasteiger partial charge in [-0.1, -0.05) is 12.5 Å². The summed E-state index contributed by atoms with van der Waals surface area (Å²) in [6.07, 6.45) is 6.78. The van der Waals surface area contributed by atoms with Crippen molar-refractivity contribution in [1.82, 2.24) is 10.6 Å². The Morgan fingerprint density at radius 3 is 2.35 bits per heavy atom. The van der Waals surface area contributed by atoms with Gasteiger partial charge in [0.15, 0.2) is 0 Å². The number of imide groups is 2. The summed E-state index contributed by atoms with van der Waals surface area (Å²) in [5.74, 6) is -1.03. The second kappa shape index (κ2) is 4.31. The van der Waals surface area contributed by atoms with E-state index in [9.17, 15) is 14.4 Å². The van der Waals surface area contributed by atoms with Gasteiger partial charge >= 0.3 is 6.03 Å². The van der Waals surface area contributed by atoms with Gasteiger partial charge in [-0.15, -0.1) is 0 Å². The van der Waals surface area contributed by atoms with Crippen LogP contribution in [0.5, 0.6) is 0 Å². The molecular weight excluding hydrogens is 220 g/mol. The minimum absolute atomic E-state index is 0.514. The third-order valence-corrected chi connectivity index (χ3v) is 3.55. The maximum atomic E-state index is 11.9. The highest BCUT2D eigenvalue weighted by Crippen LogP contribution is 2.35. The van der Waals surface area contributed by atoms with Crippen molar-refractivity contribution in [3.63, 3.8) is 0 Å². The van der Waals surface area contributed by atoms with Crippen molar-refractivity contribution in [3.05, 3.63) is 11.6 Å². The molecule has 1 aliphatic carbocycles. The molecule has 2 aliphatic rings. The lowest BCUT2D eigenvalue weighted by molar-refractivity contribution is -0.140. The fraction of sp³-hybridized carbons (Fsp3) is 0.583. The quantitative estimate of drug-likeness (QED) is 0.531. The molecule has 17 heavy (non-hydrogen) atoms. The molecule has 92 valence electrons. The number of rotatable bonds is 1. The van der Waals surface area contributed by atoms with E-state index in [0.29, 0.717) is 0 Å². The van der Waals surface area contributed by atoms with Crippen LogP contribution in [0.1, 0.15) is 39.0 Å². The van der Waals surface area contributed by atoms with Crippen molar-refractivity contribution >= 4 is 17.8 Å². The van der Waals surface area contributed by atoms with Crippen LogP contribution in [0, 0.1) is 5.41 Å². The molecule has 4 amide bonds. The van der Waals surface area contributed by atoms with Crippen molar-refractivity contribution in [2.45, 2.75) is 39.0 Å². The van der Waals surface area contributed by atoms with E-state index in [1.807, 2.05) is 6.08 Å². The Hall–Kier alpha value is -1.65. The predicted octanol–water partition coefficient (Wildman–Crippen LogP) is 1.25. The Morgan fingerprint density at radius 1 is 1.06 bits per heavy atom. The molecule has 1 saturated heterocycles. The zero-order chi connectivity index (χ0) is 12.5. The van der Waals surface area contributed by atoms with Gasteiger partial charge in [0.05, 0.1) is 0 Å². The Labute approximate surface area is 99.6 Å². The predicted molar refractivity (Wildman–Crippen MR) is 61.0 cm³/mol. The first-order chi connectivity index (χ1) is 8.05. The summed E-state index contributed by atoms with van der Waals surface area (Å²) in [4.78, 5) is 34.9. The van der Waals surface area contributed by atoms with E-state index >= 15 is 0 Å². The van der Waals surface area contributed by atoms with Gasteiger partial charge in [0.25, 0.3) is 0 Å². The molecule has 0 spiro atoms. The van der Waals surface area contributed by atoms with Crippen molar-refractivity contribution in [1.29, 1.82) is 0 Å². The van der Waals surface area contributed by atoms with E-state index in [4.69, 9.17) is 0 Å². The van der Waals surface area contributed by atoms with Gasteiger partial charge in [-0.05, 0) is 38.2 Å². The fourth-order valence-corrected chi connectivity index (χ4v) is 2.35. The lowest BCUT2D eigenvalue weighted by atomic mass is 9.77. The number of barbiturate groups is 1. The standard InChI is InChI=1S/C12H16N2O3/c1-12(8-6-4-2-3-5-7-8)9(15)13-11(17)14-10(12)16/h6H,2-5,7H2,1H3,(H2,13,14,15,16,17). The number of hydrogen-bond donors (Lipinski definition) is 2. The van der Waals surface area contributed by atoms with Crippen LogP contribution in [0.4, 0.5) is 4.79 Å². The van der Waals surface area contributed by atoms with Gasteiger partial charge in [0.2, 0.25) is 11.8 Å². The highest BCUT2D eigenvalue weighted by molar-refractivity contribution is 6.20.